The van der Waals surface area contributed by atoms with Crippen LogP contribution in [0.1, 0.15) is 24.1 Å². The quantitative estimate of drug-likeness (QED) is 0.177. The molecule has 2 aromatic rings. The van der Waals surface area contributed by atoms with Gasteiger partial charge in [-0.2, -0.15) is 18.3 Å². The molecule has 0 fully saturated rings. The van der Waals surface area contributed by atoms with Gasteiger partial charge in [0.05, 0.1) is 37.6 Å². The highest BCUT2D eigenvalue weighted by Crippen LogP contribution is 2.21. The fourth-order valence-electron chi connectivity index (χ4n) is 2.47. The van der Waals surface area contributed by atoms with Gasteiger partial charge >= 0.3 is 6.18 Å². The van der Waals surface area contributed by atoms with E-state index < -0.39 is 37.5 Å². The number of fused-ring (bicyclic) bond motifs is 1. The van der Waals surface area contributed by atoms with Crippen LogP contribution in [0.2, 0.25) is 0 Å². The van der Waals surface area contributed by atoms with E-state index in [1.54, 1.807) is 12.3 Å². The van der Waals surface area contributed by atoms with Crippen LogP contribution in [-0.2, 0) is 22.7 Å². The Morgan fingerprint density at radius 3 is 2.65 bits per heavy atom. The van der Waals surface area contributed by atoms with Crippen LogP contribution in [0.3, 0.4) is 0 Å². The molecule has 0 aliphatic carbocycles. The predicted octanol–water partition coefficient (Wildman–Crippen LogP) is 0.249. The van der Waals surface area contributed by atoms with Crippen molar-refractivity contribution < 1.29 is 27.2 Å². The molecular formula is C17H22F4N8O2. The van der Waals surface area contributed by atoms with Gasteiger partial charge in [-0.1, -0.05) is 0 Å². The van der Waals surface area contributed by atoms with Crippen molar-refractivity contribution >= 4 is 17.5 Å². The molecule has 0 unspecified atom stereocenters. The Kier molecular flexibility index (Phi) is 8.13. The standard InChI is InChI=1S/C17H22F4N8O2/c18-3-4-28(23)13(6-22)16(31)25-9-12-10-29-14(27-12)5-11(8-26-29)7-24-15(30)1-2-17(19,20)21/h5-6,8,10H,1-4,7,9,22-23H2,(H,24,30)(H,25,31)/b13-6-. The Morgan fingerprint density at radius 1 is 1.26 bits per heavy atom. The van der Waals surface area contributed by atoms with Crippen LogP contribution >= 0.6 is 0 Å². The van der Waals surface area contributed by atoms with Gasteiger partial charge in [0.1, 0.15) is 12.4 Å². The molecule has 0 saturated heterocycles. The van der Waals surface area contributed by atoms with Crippen molar-refractivity contribution in [2.75, 3.05) is 13.2 Å². The molecule has 0 bridgehead atoms. The molecule has 170 valence electrons. The van der Waals surface area contributed by atoms with E-state index in [9.17, 15) is 27.2 Å². The molecular weight excluding hydrogens is 424 g/mol. The third kappa shape index (κ3) is 7.40. The second kappa shape index (κ2) is 10.6. The third-order valence-corrected chi connectivity index (χ3v) is 4.01. The molecule has 6 N–H and O–H groups in total. The lowest BCUT2D eigenvalue weighted by molar-refractivity contribution is -0.144. The monoisotopic (exact) mass is 446 g/mol. The average Bonchev–Trinajstić information content (AvgIpc) is 3.11. The van der Waals surface area contributed by atoms with Crippen LogP contribution in [0.5, 0.6) is 0 Å². The van der Waals surface area contributed by atoms with Crippen molar-refractivity contribution in [2.45, 2.75) is 32.1 Å². The summed E-state index contributed by atoms with van der Waals surface area (Å²) < 4.78 is 50.2. The Bertz CT molecular complexity index is 944. The summed E-state index contributed by atoms with van der Waals surface area (Å²) in [4.78, 5) is 27.9. The zero-order valence-corrected chi connectivity index (χ0v) is 16.3. The van der Waals surface area contributed by atoms with Gasteiger partial charge in [0.15, 0.2) is 5.65 Å². The summed E-state index contributed by atoms with van der Waals surface area (Å²) in [6, 6.07) is 1.59. The maximum Gasteiger partial charge on any atom is 0.389 e. The van der Waals surface area contributed by atoms with Crippen molar-refractivity contribution in [3.8, 4) is 0 Å². The highest BCUT2D eigenvalue weighted by atomic mass is 19.4. The van der Waals surface area contributed by atoms with Crippen LogP contribution in [0.4, 0.5) is 17.6 Å². The third-order valence-electron chi connectivity index (χ3n) is 4.01. The number of carbonyl (C=O) groups excluding carboxylic acids is 2. The fraction of sp³-hybridized carbons (Fsp3) is 0.412. The SMILES string of the molecule is N/C=C(/C(=O)NCc1cn2ncc(CNC(=O)CCC(F)(F)F)cc2n1)N(N)CCF. The van der Waals surface area contributed by atoms with E-state index in [0.29, 0.717) is 16.9 Å². The minimum absolute atomic E-state index is 0.00646. The highest BCUT2D eigenvalue weighted by molar-refractivity contribution is 5.92. The number of nitrogens with one attached hydrogen (secondary N) is 2. The predicted molar refractivity (Wildman–Crippen MR) is 101 cm³/mol. The van der Waals surface area contributed by atoms with E-state index in [-0.39, 0.29) is 25.3 Å². The normalized spacial score (nSPS) is 12.1. The summed E-state index contributed by atoms with van der Waals surface area (Å²) in [6.07, 6.45) is -2.30. The molecule has 0 saturated carbocycles. The number of hydrogen-bond donors (Lipinski definition) is 4. The first-order chi connectivity index (χ1) is 14.6. The number of halogens is 4. The number of aromatic nitrogens is 3. The van der Waals surface area contributed by atoms with Gasteiger partial charge in [-0.25, -0.2) is 19.7 Å². The van der Waals surface area contributed by atoms with Crippen LogP contribution in [-0.4, -0.2) is 50.8 Å². The van der Waals surface area contributed by atoms with Crippen molar-refractivity contribution in [3.05, 3.63) is 41.6 Å². The maximum atomic E-state index is 12.4. The Hall–Kier alpha value is -3.42. The molecule has 0 spiro atoms. The van der Waals surface area contributed by atoms with Gasteiger partial charge in [-0.15, -0.1) is 0 Å². The van der Waals surface area contributed by atoms with E-state index in [1.165, 1.54) is 10.7 Å². The zero-order chi connectivity index (χ0) is 23.0. The van der Waals surface area contributed by atoms with Gasteiger partial charge in [0, 0.05) is 19.2 Å². The van der Waals surface area contributed by atoms with Gasteiger partial charge in [0.2, 0.25) is 5.91 Å². The van der Waals surface area contributed by atoms with Crippen molar-refractivity contribution in [2.24, 2.45) is 11.6 Å². The first-order valence-corrected chi connectivity index (χ1v) is 9.08. The largest absolute Gasteiger partial charge is 0.403 e. The second-order valence-corrected chi connectivity index (χ2v) is 6.41. The molecule has 0 aromatic carbocycles. The topological polar surface area (TPSA) is 144 Å². The smallest absolute Gasteiger partial charge is 0.389 e. The number of hydrogen-bond acceptors (Lipinski definition) is 7. The number of amides is 2. The molecule has 0 atom stereocenters. The Morgan fingerprint density at radius 2 is 2.00 bits per heavy atom. The van der Waals surface area contributed by atoms with Crippen molar-refractivity contribution in [1.29, 1.82) is 0 Å². The van der Waals surface area contributed by atoms with Crippen LogP contribution < -0.4 is 22.2 Å². The molecule has 2 amide bonds. The molecule has 14 heteroatoms. The number of carbonyl (C=O) groups is 2. The van der Waals surface area contributed by atoms with Crippen LogP contribution in [0.15, 0.2) is 30.4 Å². The van der Waals surface area contributed by atoms with E-state index in [2.05, 4.69) is 20.7 Å². The molecule has 0 aliphatic heterocycles. The minimum atomic E-state index is -4.39. The molecule has 10 nitrogen and oxygen atoms in total. The van der Waals surface area contributed by atoms with E-state index in [0.717, 1.165) is 11.2 Å². The van der Waals surface area contributed by atoms with Gasteiger partial charge in [-0.3, -0.25) is 9.59 Å². The maximum absolute atomic E-state index is 12.4. The lowest BCUT2D eigenvalue weighted by Crippen LogP contribution is -2.40. The zero-order valence-electron chi connectivity index (χ0n) is 16.3. The molecule has 2 aromatic heterocycles. The summed E-state index contributed by atoms with van der Waals surface area (Å²) in [5, 5.41) is 9.93. The first kappa shape index (κ1) is 23.9. The number of hydrazine groups is 1. The highest BCUT2D eigenvalue weighted by Gasteiger charge is 2.27. The fourth-order valence-corrected chi connectivity index (χ4v) is 2.47. The number of alkyl halides is 4. The lowest BCUT2D eigenvalue weighted by atomic mass is 10.2. The van der Waals surface area contributed by atoms with Crippen molar-refractivity contribution in [3.63, 3.8) is 0 Å². The average molecular weight is 446 g/mol. The van der Waals surface area contributed by atoms with Crippen LogP contribution in [0, 0.1) is 0 Å². The van der Waals surface area contributed by atoms with Gasteiger partial charge in [0.25, 0.3) is 5.91 Å². The Labute approximate surface area is 174 Å². The van der Waals surface area contributed by atoms with Crippen LogP contribution in [0.25, 0.3) is 5.65 Å². The lowest BCUT2D eigenvalue weighted by Gasteiger charge is -2.19. The second-order valence-electron chi connectivity index (χ2n) is 6.41. The number of nitrogens with two attached hydrogens (primary N) is 2. The van der Waals surface area contributed by atoms with Gasteiger partial charge in [-0.05, 0) is 11.6 Å². The molecule has 2 rings (SSSR count). The molecule has 2 heterocycles. The van der Waals surface area contributed by atoms with Crippen molar-refractivity contribution in [1.82, 2.24) is 30.2 Å². The van der Waals surface area contributed by atoms with E-state index in [1.807, 2.05) is 0 Å². The molecule has 31 heavy (non-hydrogen) atoms. The Balaban J connectivity index is 1.93. The van der Waals surface area contributed by atoms with E-state index >= 15 is 0 Å². The number of rotatable bonds is 10. The first-order valence-electron chi connectivity index (χ1n) is 9.08. The summed E-state index contributed by atoms with van der Waals surface area (Å²) >= 11 is 0. The summed E-state index contributed by atoms with van der Waals surface area (Å²) in [5.74, 6) is 4.20. The van der Waals surface area contributed by atoms with E-state index in [4.69, 9.17) is 11.6 Å². The summed E-state index contributed by atoms with van der Waals surface area (Å²) in [6.45, 7) is -0.966. The summed E-state index contributed by atoms with van der Waals surface area (Å²) in [7, 11) is 0. The molecule has 0 radical (unpaired) electrons. The number of nitrogens with zero attached hydrogens (tertiary/aromatic N) is 4. The molecule has 0 aliphatic rings. The minimum Gasteiger partial charge on any atom is -0.403 e. The summed E-state index contributed by atoms with van der Waals surface area (Å²) in [5.41, 5.74) is 6.63. The number of imidazole rings is 1. The van der Waals surface area contributed by atoms with Gasteiger partial charge < -0.3 is 21.4 Å².